The summed E-state index contributed by atoms with van der Waals surface area (Å²) in [5.41, 5.74) is 0.577. The van der Waals surface area contributed by atoms with Gasteiger partial charge in [-0.05, 0) is 31.2 Å². The molecule has 20 heavy (non-hydrogen) atoms. The van der Waals surface area contributed by atoms with Crippen LogP contribution in [0.1, 0.15) is 17.9 Å². The molecule has 1 N–H and O–H groups in total. The molecule has 1 aliphatic rings. The smallest absolute Gasteiger partial charge is 0.286 e. The van der Waals surface area contributed by atoms with Crippen molar-refractivity contribution in [3.63, 3.8) is 0 Å². The van der Waals surface area contributed by atoms with Gasteiger partial charge in [-0.3, -0.25) is 0 Å². The first-order chi connectivity index (χ1) is 9.54. The maximum absolute atomic E-state index is 12.0. The highest BCUT2D eigenvalue weighted by Gasteiger charge is 2.23. The van der Waals surface area contributed by atoms with Crippen molar-refractivity contribution in [1.29, 1.82) is 0 Å². The van der Waals surface area contributed by atoms with Gasteiger partial charge in [-0.25, -0.2) is 0 Å². The second-order valence-electron chi connectivity index (χ2n) is 4.65. The van der Waals surface area contributed by atoms with Crippen LogP contribution in [-0.2, 0) is 16.4 Å². The Morgan fingerprint density at radius 2 is 1.95 bits per heavy atom. The molecule has 0 bridgehead atoms. The average Bonchev–Trinajstić information content (AvgIpc) is 2.82. The summed E-state index contributed by atoms with van der Waals surface area (Å²) in [6.07, 6.45) is 1.10. The van der Waals surface area contributed by atoms with Crippen molar-refractivity contribution in [1.82, 2.24) is 0 Å². The molecular formula is C14H14N2O3S. The number of aryl methyl sites for hydroxylation is 2. The lowest BCUT2D eigenvalue weighted by Gasteiger charge is -2.17. The van der Waals surface area contributed by atoms with Crippen LogP contribution in [0, 0.1) is 6.92 Å². The van der Waals surface area contributed by atoms with Crippen LogP contribution < -0.4 is 5.32 Å². The van der Waals surface area contributed by atoms with Gasteiger partial charge in [-0.15, -0.1) is 4.40 Å². The summed E-state index contributed by atoms with van der Waals surface area (Å²) >= 11 is 0. The lowest BCUT2D eigenvalue weighted by molar-refractivity contribution is 0.485. The van der Waals surface area contributed by atoms with E-state index in [-0.39, 0.29) is 4.90 Å². The van der Waals surface area contributed by atoms with E-state index in [0.29, 0.717) is 24.4 Å². The lowest BCUT2D eigenvalue weighted by Crippen LogP contribution is -2.21. The van der Waals surface area contributed by atoms with Crippen LogP contribution in [0.3, 0.4) is 0 Å². The SMILES string of the molecule is Cc1ccc(CCC2=NS(=O)(=O)c3ccccc3N2)o1. The zero-order chi connectivity index (χ0) is 14.2. The number of amidine groups is 1. The first kappa shape index (κ1) is 12.9. The number of rotatable bonds is 3. The number of anilines is 1. The van der Waals surface area contributed by atoms with E-state index in [1.54, 1.807) is 24.3 Å². The van der Waals surface area contributed by atoms with Crippen LogP contribution in [0.4, 0.5) is 5.69 Å². The second-order valence-corrected chi connectivity index (χ2v) is 6.22. The third-order valence-electron chi connectivity index (χ3n) is 3.08. The molecule has 0 unspecified atom stereocenters. The fraction of sp³-hybridized carbons (Fsp3) is 0.214. The fourth-order valence-electron chi connectivity index (χ4n) is 2.14. The minimum Gasteiger partial charge on any atom is -0.466 e. The van der Waals surface area contributed by atoms with Crippen LogP contribution in [0.5, 0.6) is 0 Å². The van der Waals surface area contributed by atoms with E-state index < -0.39 is 10.0 Å². The Balaban J connectivity index is 1.81. The maximum atomic E-state index is 12.0. The molecule has 2 aromatic rings. The van der Waals surface area contributed by atoms with Gasteiger partial charge in [-0.1, -0.05) is 12.1 Å². The molecule has 0 spiro atoms. The molecule has 0 fully saturated rings. The Kier molecular flexibility index (Phi) is 3.10. The third-order valence-corrected chi connectivity index (χ3v) is 4.45. The van der Waals surface area contributed by atoms with E-state index in [4.69, 9.17) is 4.42 Å². The lowest BCUT2D eigenvalue weighted by atomic mass is 10.2. The van der Waals surface area contributed by atoms with Crippen molar-refractivity contribution in [3.8, 4) is 0 Å². The number of fused-ring (bicyclic) bond motifs is 1. The van der Waals surface area contributed by atoms with Crippen molar-refractivity contribution in [2.45, 2.75) is 24.7 Å². The molecule has 1 aromatic carbocycles. The molecule has 0 atom stereocenters. The highest BCUT2D eigenvalue weighted by Crippen LogP contribution is 2.27. The summed E-state index contributed by atoms with van der Waals surface area (Å²) in [7, 11) is -3.60. The number of hydrogen-bond donors (Lipinski definition) is 1. The highest BCUT2D eigenvalue weighted by atomic mass is 32.2. The summed E-state index contributed by atoms with van der Waals surface area (Å²) < 4.78 is 33.4. The van der Waals surface area contributed by atoms with Gasteiger partial charge < -0.3 is 9.73 Å². The van der Waals surface area contributed by atoms with Crippen LogP contribution in [-0.4, -0.2) is 14.3 Å². The fourth-order valence-corrected chi connectivity index (χ4v) is 3.31. The molecule has 0 aliphatic carbocycles. The first-order valence-electron chi connectivity index (χ1n) is 6.30. The normalized spacial score (nSPS) is 16.1. The summed E-state index contributed by atoms with van der Waals surface area (Å²) in [6, 6.07) is 10.5. The molecule has 0 amide bonds. The topological polar surface area (TPSA) is 71.7 Å². The molecule has 0 saturated heterocycles. The molecule has 0 radical (unpaired) electrons. The first-order valence-corrected chi connectivity index (χ1v) is 7.74. The molecule has 2 heterocycles. The third kappa shape index (κ3) is 2.46. The molecule has 0 saturated carbocycles. The Hall–Kier alpha value is -2.08. The van der Waals surface area contributed by atoms with Gasteiger partial charge in [0.25, 0.3) is 10.0 Å². The zero-order valence-electron chi connectivity index (χ0n) is 11.0. The van der Waals surface area contributed by atoms with Gasteiger partial charge in [0.15, 0.2) is 0 Å². The van der Waals surface area contributed by atoms with E-state index in [9.17, 15) is 8.42 Å². The number of benzene rings is 1. The highest BCUT2D eigenvalue weighted by molar-refractivity contribution is 7.90. The van der Waals surface area contributed by atoms with Gasteiger partial charge in [0.1, 0.15) is 22.3 Å². The Morgan fingerprint density at radius 1 is 1.15 bits per heavy atom. The molecule has 1 aromatic heterocycles. The molecule has 6 heteroatoms. The van der Waals surface area contributed by atoms with Gasteiger partial charge in [0.2, 0.25) is 0 Å². The summed E-state index contributed by atoms with van der Waals surface area (Å²) in [6.45, 7) is 1.88. The average molecular weight is 290 g/mol. The van der Waals surface area contributed by atoms with Crippen molar-refractivity contribution in [2.75, 3.05) is 5.32 Å². The van der Waals surface area contributed by atoms with Crippen LogP contribution >= 0.6 is 0 Å². The Labute approximate surface area is 117 Å². The number of nitrogens with zero attached hydrogens (tertiary/aromatic N) is 1. The Morgan fingerprint density at radius 3 is 2.70 bits per heavy atom. The van der Waals surface area contributed by atoms with Crippen molar-refractivity contribution < 1.29 is 12.8 Å². The predicted octanol–water partition coefficient (Wildman–Crippen LogP) is 2.73. The van der Waals surface area contributed by atoms with Crippen LogP contribution in [0.15, 0.2) is 50.1 Å². The van der Waals surface area contributed by atoms with Crippen LogP contribution in [0.25, 0.3) is 0 Å². The van der Waals surface area contributed by atoms with E-state index in [2.05, 4.69) is 9.71 Å². The Bertz CT molecular complexity index is 775. The molecule has 3 rings (SSSR count). The van der Waals surface area contributed by atoms with E-state index in [0.717, 1.165) is 11.5 Å². The number of hydrogen-bond acceptors (Lipinski definition) is 4. The molecular weight excluding hydrogens is 276 g/mol. The number of para-hydroxylation sites is 1. The number of sulfonamides is 1. The monoisotopic (exact) mass is 290 g/mol. The van der Waals surface area contributed by atoms with Gasteiger partial charge in [0.05, 0.1) is 5.69 Å². The standard InChI is InChI=1S/C14H14N2O3S/c1-10-6-7-11(19-10)8-9-14-15-12-4-2-3-5-13(12)20(17,18)16-14/h2-7H,8-9H2,1H3,(H,15,16). The quantitative estimate of drug-likeness (QED) is 0.943. The minimum atomic E-state index is -3.60. The van der Waals surface area contributed by atoms with Crippen molar-refractivity contribution >= 4 is 21.5 Å². The van der Waals surface area contributed by atoms with E-state index in [1.807, 2.05) is 19.1 Å². The zero-order valence-corrected chi connectivity index (χ0v) is 11.8. The van der Waals surface area contributed by atoms with Gasteiger partial charge in [0, 0.05) is 12.8 Å². The predicted molar refractivity (Wildman–Crippen MR) is 76.5 cm³/mol. The molecule has 104 valence electrons. The van der Waals surface area contributed by atoms with Crippen LogP contribution in [0.2, 0.25) is 0 Å². The molecule has 5 nitrogen and oxygen atoms in total. The molecule has 1 aliphatic heterocycles. The second kappa shape index (κ2) is 4.79. The van der Waals surface area contributed by atoms with Crippen molar-refractivity contribution in [2.24, 2.45) is 4.40 Å². The summed E-state index contributed by atoms with van der Waals surface area (Å²) in [5, 5.41) is 3.06. The largest absolute Gasteiger partial charge is 0.466 e. The summed E-state index contributed by atoms with van der Waals surface area (Å²) in [5.74, 6) is 2.11. The maximum Gasteiger partial charge on any atom is 0.286 e. The number of furan rings is 1. The minimum absolute atomic E-state index is 0.220. The number of nitrogens with one attached hydrogen (secondary N) is 1. The van der Waals surface area contributed by atoms with E-state index >= 15 is 0 Å². The van der Waals surface area contributed by atoms with Gasteiger partial charge in [-0.2, -0.15) is 8.42 Å². The van der Waals surface area contributed by atoms with Gasteiger partial charge >= 0.3 is 0 Å². The summed E-state index contributed by atoms with van der Waals surface area (Å²) in [4.78, 5) is 0.220. The van der Waals surface area contributed by atoms with Crippen molar-refractivity contribution in [3.05, 3.63) is 47.9 Å². The van der Waals surface area contributed by atoms with E-state index in [1.165, 1.54) is 0 Å².